The number of esters is 1. The van der Waals surface area contributed by atoms with Crippen LogP contribution in [0.2, 0.25) is 0 Å². The van der Waals surface area contributed by atoms with E-state index >= 15 is 0 Å². The molecule has 0 atom stereocenters. The molecule has 0 unspecified atom stereocenters. The summed E-state index contributed by atoms with van der Waals surface area (Å²) in [7, 11) is 0. The van der Waals surface area contributed by atoms with E-state index in [0.29, 0.717) is 0 Å². The molecule has 1 N–H and O–H groups in total. The number of ether oxygens (including phenoxy) is 1. The molecule has 0 bridgehead atoms. The highest BCUT2D eigenvalue weighted by Crippen LogP contribution is 2.13. The third-order valence-corrected chi connectivity index (χ3v) is 0.697. The van der Waals surface area contributed by atoms with Crippen LogP contribution in [0.4, 0.5) is 13.2 Å². The van der Waals surface area contributed by atoms with Crippen molar-refractivity contribution in [1.82, 2.24) is 5.48 Å². The van der Waals surface area contributed by atoms with Gasteiger partial charge in [-0.15, -0.1) is 13.2 Å². The average Bonchev–Trinajstić information content (AvgIpc) is 1.83. The van der Waals surface area contributed by atoms with Crippen molar-refractivity contribution in [3.8, 4) is 0 Å². The van der Waals surface area contributed by atoms with E-state index in [1.807, 2.05) is 0 Å². The van der Waals surface area contributed by atoms with Gasteiger partial charge in [0, 0.05) is 6.92 Å². The highest BCUT2D eigenvalue weighted by atomic mass is 19.4. The summed E-state index contributed by atoms with van der Waals surface area (Å²) in [6.07, 6.45) is -4.71. The number of alkyl halides is 3. The Labute approximate surface area is 66.6 Å². The normalized spacial score (nSPS) is 11.3. The summed E-state index contributed by atoms with van der Waals surface area (Å²) in [6, 6.07) is 0. The standard InChI is InChI=1S/C5H8F3NO3/c1-4(10)11-3-2-9-12-5(6,7)8/h9H,2-3H2,1H3. The molecule has 0 saturated heterocycles. The van der Waals surface area contributed by atoms with Crippen LogP contribution in [-0.2, 0) is 14.4 Å². The van der Waals surface area contributed by atoms with Crippen molar-refractivity contribution >= 4 is 5.97 Å². The molecule has 7 heteroatoms. The molecular weight excluding hydrogens is 179 g/mol. The van der Waals surface area contributed by atoms with E-state index in [-0.39, 0.29) is 13.2 Å². The number of halogens is 3. The van der Waals surface area contributed by atoms with Crippen LogP contribution < -0.4 is 5.48 Å². The van der Waals surface area contributed by atoms with Gasteiger partial charge in [0.1, 0.15) is 6.61 Å². The van der Waals surface area contributed by atoms with Crippen LogP contribution in [0.15, 0.2) is 0 Å². The number of carbonyl (C=O) groups excluding carboxylic acids is 1. The lowest BCUT2D eigenvalue weighted by Crippen LogP contribution is -2.28. The summed E-state index contributed by atoms with van der Waals surface area (Å²) in [6.45, 7) is 0.787. The Balaban J connectivity index is 3.17. The van der Waals surface area contributed by atoms with Crippen molar-refractivity contribution in [1.29, 1.82) is 0 Å². The quantitative estimate of drug-likeness (QED) is 0.397. The number of hydrogen-bond donors (Lipinski definition) is 1. The fourth-order valence-corrected chi connectivity index (χ4v) is 0.369. The Morgan fingerprint density at radius 2 is 2.08 bits per heavy atom. The van der Waals surface area contributed by atoms with Crippen LogP contribution in [0.25, 0.3) is 0 Å². The molecule has 0 fully saturated rings. The maximum absolute atomic E-state index is 11.2. The van der Waals surface area contributed by atoms with Crippen molar-refractivity contribution in [3.63, 3.8) is 0 Å². The summed E-state index contributed by atoms with van der Waals surface area (Å²) in [5, 5.41) is 0. The number of rotatable bonds is 4. The van der Waals surface area contributed by atoms with Crippen LogP contribution >= 0.6 is 0 Å². The van der Waals surface area contributed by atoms with E-state index < -0.39 is 12.3 Å². The molecule has 0 heterocycles. The molecule has 4 nitrogen and oxygen atoms in total. The van der Waals surface area contributed by atoms with Crippen LogP contribution in [-0.4, -0.2) is 25.5 Å². The zero-order chi connectivity index (χ0) is 9.61. The number of hydrogen-bond acceptors (Lipinski definition) is 4. The number of hydroxylamine groups is 1. The SMILES string of the molecule is CC(=O)OCCNOC(F)(F)F. The molecule has 0 aromatic heterocycles. The Bertz CT molecular complexity index is 147. The van der Waals surface area contributed by atoms with E-state index in [1.165, 1.54) is 0 Å². The number of carbonyl (C=O) groups is 1. The van der Waals surface area contributed by atoms with Gasteiger partial charge in [-0.25, -0.2) is 4.84 Å². The number of nitrogens with one attached hydrogen (secondary N) is 1. The molecule has 0 aliphatic carbocycles. The fraction of sp³-hybridized carbons (Fsp3) is 0.800. The second-order valence-electron chi connectivity index (χ2n) is 1.78. The summed E-state index contributed by atoms with van der Waals surface area (Å²) in [4.78, 5) is 13.3. The molecule has 12 heavy (non-hydrogen) atoms. The molecule has 0 saturated carbocycles. The van der Waals surface area contributed by atoms with Crippen LogP contribution in [0.1, 0.15) is 6.92 Å². The predicted octanol–water partition coefficient (Wildman–Crippen LogP) is 0.591. The zero-order valence-electron chi connectivity index (χ0n) is 6.27. The zero-order valence-corrected chi connectivity index (χ0v) is 6.27. The largest absolute Gasteiger partial charge is 0.538 e. The molecule has 0 radical (unpaired) electrons. The van der Waals surface area contributed by atoms with Crippen LogP contribution in [0.5, 0.6) is 0 Å². The fourth-order valence-electron chi connectivity index (χ4n) is 0.369. The summed E-state index contributed by atoms with van der Waals surface area (Å²) < 4.78 is 38.1. The highest BCUT2D eigenvalue weighted by Gasteiger charge is 2.29. The van der Waals surface area contributed by atoms with Crippen molar-refractivity contribution < 1.29 is 27.5 Å². The average molecular weight is 187 g/mol. The van der Waals surface area contributed by atoms with Gasteiger partial charge in [-0.05, 0) is 0 Å². The highest BCUT2D eigenvalue weighted by molar-refractivity contribution is 5.65. The molecule has 0 rings (SSSR count). The minimum Gasteiger partial charge on any atom is -0.464 e. The summed E-state index contributed by atoms with van der Waals surface area (Å²) in [5.41, 5.74) is 1.58. The lowest BCUT2D eigenvalue weighted by Gasteiger charge is -2.07. The van der Waals surface area contributed by atoms with Gasteiger partial charge in [0.25, 0.3) is 0 Å². The van der Waals surface area contributed by atoms with E-state index in [4.69, 9.17) is 0 Å². The van der Waals surface area contributed by atoms with Gasteiger partial charge in [-0.3, -0.25) is 4.79 Å². The van der Waals surface area contributed by atoms with Gasteiger partial charge < -0.3 is 4.74 Å². The second kappa shape index (κ2) is 4.94. The molecule has 0 aromatic rings. The predicted molar refractivity (Wildman–Crippen MR) is 31.8 cm³/mol. The minimum atomic E-state index is -4.71. The minimum absolute atomic E-state index is 0.161. The van der Waals surface area contributed by atoms with Crippen molar-refractivity contribution in [2.75, 3.05) is 13.2 Å². The smallest absolute Gasteiger partial charge is 0.464 e. The first kappa shape index (κ1) is 11.2. The topological polar surface area (TPSA) is 47.6 Å². The van der Waals surface area contributed by atoms with Gasteiger partial charge in [-0.1, -0.05) is 0 Å². The second-order valence-corrected chi connectivity index (χ2v) is 1.78. The Morgan fingerprint density at radius 3 is 2.50 bits per heavy atom. The summed E-state index contributed by atoms with van der Waals surface area (Å²) in [5.74, 6) is -0.552. The van der Waals surface area contributed by atoms with Crippen LogP contribution in [0.3, 0.4) is 0 Å². The summed E-state index contributed by atoms with van der Waals surface area (Å²) >= 11 is 0. The first-order chi connectivity index (χ1) is 5.42. The molecule has 0 aromatic carbocycles. The third kappa shape index (κ3) is 9.18. The first-order valence-electron chi connectivity index (χ1n) is 3.03. The molecular formula is C5H8F3NO3. The van der Waals surface area contributed by atoms with Gasteiger partial charge in [0.15, 0.2) is 0 Å². The monoisotopic (exact) mass is 187 g/mol. The molecule has 72 valence electrons. The Kier molecular flexibility index (Phi) is 4.60. The van der Waals surface area contributed by atoms with Gasteiger partial charge >= 0.3 is 12.3 Å². The van der Waals surface area contributed by atoms with Crippen molar-refractivity contribution in [3.05, 3.63) is 0 Å². The Morgan fingerprint density at radius 1 is 1.50 bits per heavy atom. The van der Waals surface area contributed by atoms with E-state index in [2.05, 4.69) is 9.57 Å². The van der Waals surface area contributed by atoms with Gasteiger partial charge in [-0.2, -0.15) is 5.48 Å². The van der Waals surface area contributed by atoms with Gasteiger partial charge in [0.2, 0.25) is 0 Å². The lowest BCUT2D eigenvalue weighted by molar-refractivity contribution is -0.350. The maximum Gasteiger partial charge on any atom is 0.538 e. The van der Waals surface area contributed by atoms with E-state index in [1.54, 1.807) is 5.48 Å². The molecule has 0 aliphatic heterocycles. The molecule has 0 amide bonds. The third-order valence-electron chi connectivity index (χ3n) is 0.697. The first-order valence-corrected chi connectivity index (χ1v) is 3.03. The van der Waals surface area contributed by atoms with E-state index in [0.717, 1.165) is 6.92 Å². The Hall–Kier alpha value is -0.820. The molecule has 0 aliphatic rings. The van der Waals surface area contributed by atoms with Crippen LogP contribution in [0, 0.1) is 0 Å². The van der Waals surface area contributed by atoms with E-state index in [9.17, 15) is 18.0 Å². The maximum atomic E-state index is 11.2. The molecule has 0 spiro atoms. The van der Waals surface area contributed by atoms with Gasteiger partial charge in [0.05, 0.1) is 6.54 Å². The van der Waals surface area contributed by atoms with Crippen molar-refractivity contribution in [2.45, 2.75) is 13.3 Å². The lowest BCUT2D eigenvalue weighted by atomic mass is 10.7. The van der Waals surface area contributed by atoms with Crippen molar-refractivity contribution in [2.24, 2.45) is 0 Å².